The average molecular weight is 336 g/mol. The van der Waals surface area contributed by atoms with Crippen molar-refractivity contribution < 1.29 is 0 Å². The molecule has 1 unspecified atom stereocenters. The molecule has 2 heterocycles. The van der Waals surface area contributed by atoms with Crippen molar-refractivity contribution in [2.45, 2.75) is 57.9 Å². The van der Waals surface area contributed by atoms with Gasteiger partial charge >= 0.3 is 5.69 Å². The first-order valence-corrected chi connectivity index (χ1v) is 8.97. The van der Waals surface area contributed by atoms with Gasteiger partial charge in [0.25, 0.3) is 0 Å². The summed E-state index contributed by atoms with van der Waals surface area (Å²) in [5.74, 6) is 0.529. The minimum absolute atomic E-state index is 0.0987. The predicted molar refractivity (Wildman–Crippen MR) is 98.1 cm³/mol. The molecule has 1 atom stereocenters. The van der Waals surface area contributed by atoms with Crippen LogP contribution in [0.1, 0.15) is 56.4 Å². The maximum Gasteiger partial charge on any atom is 0.351 e. The van der Waals surface area contributed by atoms with Crippen LogP contribution in [0.15, 0.2) is 41.5 Å². The van der Waals surface area contributed by atoms with Crippen molar-refractivity contribution >= 4 is 5.65 Å². The van der Waals surface area contributed by atoms with Crippen molar-refractivity contribution in [2.75, 3.05) is 0 Å². The van der Waals surface area contributed by atoms with Gasteiger partial charge in [-0.3, -0.25) is 4.57 Å². The summed E-state index contributed by atoms with van der Waals surface area (Å²) in [6, 6.07) is 10.6. The lowest BCUT2D eigenvalue weighted by molar-refractivity contribution is 0.510. The second kappa shape index (κ2) is 5.83. The summed E-state index contributed by atoms with van der Waals surface area (Å²) in [7, 11) is 0. The maximum atomic E-state index is 12.7. The molecule has 0 spiro atoms. The molecule has 0 saturated carbocycles. The highest BCUT2D eigenvalue weighted by molar-refractivity contribution is 5.39. The van der Waals surface area contributed by atoms with Crippen molar-refractivity contribution in [2.24, 2.45) is 0 Å². The normalized spacial score (nSPS) is 17.2. The summed E-state index contributed by atoms with van der Waals surface area (Å²) < 4.78 is 3.12. The van der Waals surface area contributed by atoms with Crippen molar-refractivity contribution in [1.82, 2.24) is 19.2 Å². The Morgan fingerprint density at radius 3 is 2.84 bits per heavy atom. The van der Waals surface area contributed by atoms with Gasteiger partial charge in [-0.25, -0.2) is 9.78 Å². The largest absolute Gasteiger partial charge is 0.351 e. The number of aryl methyl sites for hydroxylation is 2. The Kier molecular flexibility index (Phi) is 3.74. The van der Waals surface area contributed by atoms with Crippen molar-refractivity contribution in [3.8, 4) is 0 Å². The van der Waals surface area contributed by atoms with Crippen LogP contribution in [0.5, 0.6) is 0 Å². The highest BCUT2D eigenvalue weighted by atomic mass is 16.2. The van der Waals surface area contributed by atoms with Crippen LogP contribution in [0.2, 0.25) is 0 Å². The topological polar surface area (TPSA) is 52.2 Å². The van der Waals surface area contributed by atoms with E-state index in [9.17, 15) is 4.79 Å². The molecule has 0 aliphatic heterocycles. The minimum atomic E-state index is -0.105. The second-order valence-corrected chi connectivity index (χ2v) is 7.99. The van der Waals surface area contributed by atoms with E-state index in [2.05, 4.69) is 55.1 Å². The van der Waals surface area contributed by atoms with Gasteiger partial charge in [0.05, 0.1) is 5.69 Å². The molecule has 25 heavy (non-hydrogen) atoms. The van der Waals surface area contributed by atoms with Gasteiger partial charge in [0, 0.05) is 18.0 Å². The highest BCUT2D eigenvalue weighted by Crippen LogP contribution is 2.35. The van der Waals surface area contributed by atoms with E-state index in [0.29, 0.717) is 18.1 Å². The van der Waals surface area contributed by atoms with Crippen LogP contribution in [0.25, 0.3) is 5.65 Å². The monoisotopic (exact) mass is 336 g/mol. The van der Waals surface area contributed by atoms with Crippen LogP contribution in [-0.2, 0) is 18.4 Å². The smallest absolute Gasteiger partial charge is 0.283 e. The number of hydrogen-bond acceptors (Lipinski definition) is 3. The molecule has 5 nitrogen and oxygen atoms in total. The highest BCUT2D eigenvalue weighted by Gasteiger charge is 2.22. The molecule has 0 fully saturated rings. The lowest BCUT2D eigenvalue weighted by atomic mass is 9.93. The zero-order valence-electron chi connectivity index (χ0n) is 15.1. The number of rotatable bonds is 3. The SMILES string of the molecule is CC(C)(C)c1cc2ncn(CCC3CCc4ccccc43)c(=O)n2n1. The third-order valence-electron chi connectivity index (χ3n) is 5.19. The molecule has 0 radical (unpaired) electrons. The van der Waals surface area contributed by atoms with E-state index in [4.69, 9.17) is 0 Å². The van der Waals surface area contributed by atoms with Crippen molar-refractivity contribution in [3.63, 3.8) is 0 Å². The number of benzene rings is 1. The average Bonchev–Trinajstić information content (AvgIpc) is 3.18. The van der Waals surface area contributed by atoms with Crippen LogP contribution in [0.3, 0.4) is 0 Å². The lowest BCUT2D eigenvalue weighted by Gasteiger charge is -2.13. The molecule has 3 aromatic rings. The van der Waals surface area contributed by atoms with Gasteiger partial charge in [0.2, 0.25) is 0 Å². The van der Waals surface area contributed by atoms with Gasteiger partial charge < -0.3 is 0 Å². The Hall–Kier alpha value is -2.43. The Labute approximate surface area is 147 Å². The lowest BCUT2D eigenvalue weighted by Crippen LogP contribution is -2.28. The van der Waals surface area contributed by atoms with Crippen molar-refractivity contribution in [1.29, 1.82) is 0 Å². The summed E-state index contributed by atoms with van der Waals surface area (Å²) in [5, 5.41) is 4.48. The van der Waals surface area contributed by atoms with Gasteiger partial charge in [0.15, 0.2) is 5.65 Å². The third kappa shape index (κ3) is 2.88. The fraction of sp³-hybridized carbons (Fsp3) is 0.450. The summed E-state index contributed by atoms with van der Waals surface area (Å²) in [6.07, 6.45) is 4.92. The number of hydrogen-bond donors (Lipinski definition) is 0. The molecule has 1 aromatic carbocycles. The molecule has 1 aliphatic rings. The first-order chi connectivity index (χ1) is 11.9. The van der Waals surface area contributed by atoms with Crippen LogP contribution in [0.4, 0.5) is 0 Å². The first-order valence-electron chi connectivity index (χ1n) is 8.97. The third-order valence-corrected chi connectivity index (χ3v) is 5.19. The number of aromatic nitrogens is 4. The van der Waals surface area contributed by atoms with Crippen LogP contribution < -0.4 is 5.69 Å². The zero-order valence-corrected chi connectivity index (χ0v) is 15.1. The molecule has 4 rings (SSSR count). The molecule has 0 saturated heterocycles. The van der Waals surface area contributed by atoms with E-state index in [0.717, 1.165) is 18.5 Å². The zero-order chi connectivity index (χ0) is 17.6. The number of nitrogens with zero attached hydrogens (tertiary/aromatic N) is 4. The molecule has 0 bridgehead atoms. The first kappa shape index (κ1) is 16.1. The molecule has 0 N–H and O–H groups in total. The molecular formula is C20H24N4O. The minimum Gasteiger partial charge on any atom is -0.283 e. The molecule has 1 aliphatic carbocycles. The van der Waals surface area contributed by atoms with Crippen LogP contribution in [0, 0.1) is 0 Å². The molecule has 0 amide bonds. The van der Waals surface area contributed by atoms with Crippen LogP contribution in [-0.4, -0.2) is 19.2 Å². The van der Waals surface area contributed by atoms with Crippen LogP contribution >= 0.6 is 0 Å². The van der Waals surface area contributed by atoms with Gasteiger partial charge in [-0.05, 0) is 36.3 Å². The fourth-order valence-electron chi connectivity index (χ4n) is 3.66. The Balaban J connectivity index is 1.58. The molecule has 130 valence electrons. The fourth-order valence-corrected chi connectivity index (χ4v) is 3.66. The van der Waals surface area contributed by atoms with E-state index in [-0.39, 0.29) is 11.1 Å². The standard InChI is InChI=1S/C20H24N4O/c1-20(2,3)17-12-18-21-13-23(19(25)24(18)22-17)11-10-15-9-8-14-6-4-5-7-16(14)15/h4-7,12-13,15H,8-11H2,1-3H3. The summed E-state index contributed by atoms with van der Waals surface area (Å²) in [6.45, 7) is 6.94. The maximum absolute atomic E-state index is 12.7. The Morgan fingerprint density at radius 2 is 2.04 bits per heavy atom. The quantitative estimate of drug-likeness (QED) is 0.737. The Bertz CT molecular complexity index is 977. The summed E-state index contributed by atoms with van der Waals surface area (Å²) >= 11 is 0. The predicted octanol–water partition coefficient (Wildman–Crippen LogP) is 3.31. The summed E-state index contributed by atoms with van der Waals surface area (Å²) in [4.78, 5) is 17.2. The van der Waals surface area contributed by atoms with Gasteiger partial charge in [0.1, 0.15) is 6.33 Å². The summed E-state index contributed by atoms with van der Waals surface area (Å²) in [5.41, 5.74) is 4.20. The van der Waals surface area contributed by atoms with E-state index in [1.807, 2.05) is 6.07 Å². The van der Waals surface area contributed by atoms with E-state index < -0.39 is 0 Å². The van der Waals surface area contributed by atoms with Gasteiger partial charge in [-0.15, -0.1) is 0 Å². The Morgan fingerprint density at radius 1 is 1.24 bits per heavy atom. The number of fused-ring (bicyclic) bond motifs is 2. The van der Waals surface area contributed by atoms with Crippen molar-refractivity contribution in [3.05, 3.63) is 64.0 Å². The van der Waals surface area contributed by atoms with Gasteiger partial charge in [-0.1, -0.05) is 45.0 Å². The second-order valence-electron chi connectivity index (χ2n) is 7.99. The molecular weight excluding hydrogens is 312 g/mol. The van der Waals surface area contributed by atoms with E-state index in [1.54, 1.807) is 10.9 Å². The molecule has 2 aromatic heterocycles. The molecule has 5 heteroatoms. The van der Waals surface area contributed by atoms with Gasteiger partial charge in [-0.2, -0.15) is 9.61 Å². The van der Waals surface area contributed by atoms with E-state index in [1.165, 1.54) is 22.1 Å². The van der Waals surface area contributed by atoms with E-state index >= 15 is 0 Å².